The summed E-state index contributed by atoms with van der Waals surface area (Å²) in [5.41, 5.74) is 0. The van der Waals surface area contributed by atoms with Crippen LogP contribution >= 0.6 is 0 Å². The van der Waals surface area contributed by atoms with Gasteiger partial charge in [0.25, 0.3) is 20.2 Å². The van der Waals surface area contributed by atoms with E-state index >= 15 is 0 Å². The Bertz CT molecular complexity index is 785. The number of hydrogen-bond donors (Lipinski definition) is 2. The van der Waals surface area contributed by atoms with Gasteiger partial charge in [-0.3, -0.25) is 9.11 Å². The van der Waals surface area contributed by atoms with E-state index in [1.165, 1.54) is 24.3 Å². The topological polar surface area (TPSA) is 109 Å². The Morgan fingerprint density at radius 3 is 1.23 bits per heavy atom. The zero-order valence-electron chi connectivity index (χ0n) is 16.8. The Kier molecular flexibility index (Phi) is 15.0. The van der Waals surface area contributed by atoms with E-state index < -0.39 is 20.2 Å². The molecule has 0 bridgehead atoms. The maximum absolute atomic E-state index is 10.9. The summed E-state index contributed by atoms with van der Waals surface area (Å²) >= 11 is 0. The van der Waals surface area contributed by atoms with Crippen molar-refractivity contribution in [1.82, 2.24) is 0 Å². The number of rotatable bonds is 2. The summed E-state index contributed by atoms with van der Waals surface area (Å²) in [7, 11) is -8.71. The summed E-state index contributed by atoms with van der Waals surface area (Å²) in [6.45, 7) is 0. The zero-order valence-corrected chi connectivity index (χ0v) is 22.4. The number of hydrogen-bond acceptors (Lipinski definition) is 4. The second-order valence-electron chi connectivity index (χ2n) is 3.62. The third kappa shape index (κ3) is 7.82. The van der Waals surface area contributed by atoms with Crippen LogP contribution in [0.25, 0.3) is 10.8 Å². The van der Waals surface area contributed by atoms with E-state index in [1.54, 1.807) is 0 Å². The minimum absolute atomic E-state index is 0. The molecule has 0 unspecified atom stereocenters. The van der Waals surface area contributed by atoms with E-state index in [-0.39, 0.29) is 139 Å². The van der Waals surface area contributed by atoms with E-state index in [9.17, 15) is 16.8 Å². The Morgan fingerprint density at radius 1 is 0.636 bits per heavy atom. The molecule has 0 aliphatic carbocycles. The third-order valence-electron chi connectivity index (χ3n) is 2.38. The maximum Gasteiger partial charge on any atom is 1.00 e. The molecule has 12 heteroatoms. The van der Waals surface area contributed by atoms with Crippen LogP contribution in [0.5, 0.6) is 0 Å². The first-order valence-electron chi connectivity index (χ1n) is 4.67. The second kappa shape index (κ2) is 11.3. The molecule has 2 N–H and O–H groups in total. The van der Waals surface area contributed by atoms with Crippen molar-refractivity contribution in [2.75, 3.05) is 0 Å². The standard InChI is InChI=1S/C10H8O6S2.4Na.4H/c11-17(12,13)9-3-1-7-2-4-10(18(14,15)16)6-8(7)5-9;;;;;;;;/h1-6H,(H,11,12,13)(H,14,15,16);;;;;;;;/q;4*+1;4*-1. The molecule has 0 spiro atoms. The zero-order chi connectivity index (χ0) is 13.6. The van der Waals surface area contributed by atoms with Gasteiger partial charge in [0.1, 0.15) is 0 Å². The average molecular weight is 384 g/mol. The van der Waals surface area contributed by atoms with E-state index in [1.807, 2.05) is 0 Å². The van der Waals surface area contributed by atoms with Crippen LogP contribution in [0.15, 0.2) is 46.2 Å². The van der Waals surface area contributed by atoms with Crippen LogP contribution in [-0.4, -0.2) is 25.9 Å². The van der Waals surface area contributed by atoms with Gasteiger partial charge < -0.3 is 5.71 Å². The smallest absolute Gasteiger partial charge is 1.00 e. The molecule has 2 aromatic carbocycles. The van der Waals surface area contributed by atoms with Crippen molar-refractivity contribution in [3.63, 3.8) is 0 Å². The van der Waals surface area contributed by atoms with E-state index in [2.05, 4.69) is 0 Å². The van der Waals surface area contributed by atoms with E-state index in [4.69, 9.17) is 9.11 Å². The van der Waals surface area contributed by atoms with E-state index in [0.717, 1.165) is 12.1 Å². The van der Waals surface area contributed by atoms with Crippen LogP contribution in [0.2, 0.25) is 0 Å². The predicted octanol–water partition coefficient (Wildman–Crippen LogP) is -10.2. The van der Waals surface area contributed by atoms with Crippen molar-refractivity contribution in [2.45, 2.75) is 9.79 Å². The van der Waals surface area contributed by atoms with Crippen molar-refractivity contribution >= 4 is 31.0 Å². The first-order chi connectivity index (χ1) is 8.18. The fourth-order valence-electron chi connectivity index (χ4n) is 1.52. The van der Waals surface area contributed by atoms with Crippen molar-refractivity contribution in [2.24, 2.45) is 0 Å². The first kappa shape index (κ1) is 29.3. The second-order valence-corrected chi connectivity index (χ2v) is 6.46. The van der Waals surface area contributed by atoms with E-state index in [0.29, 0.717) is 5.39 Å². The number of fused-ring (bicyclic) bond motifs is 1. The van der Waals surface area contributed by atoms with Crippen LogP contribution in [0.3, 0.4) is 0 Å². The molecule has 0 aliphatic rings. The summed E-state index contributed by atoms with van der Waals surface area (Å²) in [6, 6.07) is 7.49. The van der Waals surface area contributed by atoms with Crippen LogP contribution < -0.4 is 118 Å². The molecule has 0 radical (unpaired) electrons. The van der Waals surface area contributed by atoms with Gasteiger partial charge >= 0.3 is 118 Å². The van der Waals surface area contributed by atoms with Gasteiger partial charge in [-0.05, 0) is 35.0 Å². The first-order valence-corrected chi connectivity index (χ1v) is 7.55. The SMILES string of the molecule is O=S(=O)(O)c1ccc2ccc(S(=O)(=O)O)cc2c1.[H-].[H-].[H-].[H-].[Na+].[Na+].[Na+].[Na+]. The minimum Gasteiger partial charge on any atom is -1.00 e. The summed E-state index contributed by atoms with van der Waals surface area (Å²) in [5, 5.41) is 0.857. The summed E-state index contributed by atoms with van der Waals surface area (Å²) in [5.74, 6) is 0. The van der Waals surface area contributed by atoms with Gasteiger partial charge in [0.05, 0.1) is 9.79 Å². The molecule has 0 amide bonds. The quantitative estimate of drug-likeness (QED) is 0.393. The molecule has 2 aromatic rings. The van der Waals surface area contributed by atoms with Gasteiger partial charge in [-0.1, -0.05) is 12.1 Å². The third-order valence-corrected chi connectivity index (χ3v) is 4.08. The Morgan fingerprint density at radius 2 is 0.955 bits per heavy atom. The van der Waals surface area contributed by atoms with Crippen molar-refractivity contribution < 1.29 is 150 Å². The summed E-state index contributed by atoms with van der Waals surface area (Å²) in [6.07, 6.45) is 0. The molecule has 2 rings (SSSR count). The Hall–Kier alpha value is 2.52. The Balaban J connectivity index is -0.0000000902. The molecular weight excluding hydrogens is 372 g/mol. The Labute approximate surface area is 223 Å². The van der Waals surface area contributed by atoms with Crippen LogP contribution in [-0.2, 0) is 20.2 Å². The average Bonchev–Trinajstić information content (AvgIpc) is 2.25. The summed E-state index contributed by atoms with van der Waals surface area (Å²) in [4.78, 5) is -0.690. The maximum atomic E-state index is 10.9. The van der Waals surface area contributed by atoms with Crippen LogP contribution in [0.1, 0.15) is 5.71 Å². The summed E-state index contributed by atoms with van der Waals surface area (Å²) < 4.78 is 61.5. The van der Waals surface area contributed by atoms with Crippen LogP contribution in [0.4, 0.5) is 0 Å². The van der Waals surface area contributed by atoms with Gasteiger partial charge in [-0.15, -0.1) is 0 Å². The molecule has 0 aromatic heterocycles. The fourth-order valence-corrected chi connectivity index (χ4v) is 2.56. The molecule has 0 aliphatic heterocycles. The van der Waals surface area contributed by atoms with Gasteiger partial charge in [0.2, 0.25) is 0 Å². The minimum atomic E-state index is -4.35. The van der Waals surface area contributed by atoms with Crippen molar-refractivity contribution in [3.8, 4) is 0 Å². The van der Waals surface area contributed by atoms with Gasteiger partial charge in [-0.25, -0.2) is 0 Å². The van der Waals surface area contributed by atoms with Crippen LogP contribution in [0, 0.1) is 0 Å². The monoisotopic (exact) mass is 384 g/mol. The molecule has 0 saturated carbocycles. The molecule has 0 saturated heterocycles. The van der Waals surface area contributed by atoms with Crippen molar-refractivity contribution in [3.05, 3.63) is 36.4 Å². The molecule has 0 heterocycles. The van der Waals surface area contributed by atoms with Gasteiger partial charge in [-0.2, -0.15) is 16.8 Å². The van der Waals surface area contributed by atoms with Gasteiger partial charge in [0, 0.05) is 0 Å². The predicted molar refractivity (Wildman–Crippen MR) is 68.0 cm³/mol. The van der Waals surface area contributed by atoms with Gasteiger partial charge in [0.15, 0.2) is 0 Å². The number of benzene rings is 2. The molecule has 6 nitrogen and oxygen atoms in total. The fraction of sp³-hybridized carbons (Fsp3) is 0. The molecular formula is C10H12Na4O6S2. The normalized spacial score (nSPS) is 10.5. The van der Waals surface area contributed by atoms with Crippen molar-refractivity contribution in [1.29, 1.82) is 0 Å². The largest absolute Gasteiger partial charge is 1.00 e. The molecule has 0 fully saturated rings. The molecule has 0 atom stereocenters. The molecule has 22 heavy (non-hydrogen) atoms. The molecule has 104 valence electrons.